The molecular formula is C14H12BrFOS. The minimum absolute atomic E-state index is 0.231. The van der Waals surface area contributed by atoms with Gasteiger partial charge in [-0.25, -0.2) is 4.39 Å². The molecule has 2 aromatic rings. The highest BCUT2D eigenvalue weighted by molar-refractivity contribution is 9.10. The molecule has 0 radical (unpaired) electrons. The van der Waals surface area contributed by atoms with Crippen LogP contribution in [0.1, 0.15) is 5.56 Å². The third kappa shape index (κ3) is 3.50. The van der Waals surface area contributed by atoms with E-state index >= 15 is 0 Å². The minimum Gasteiger partial charge on any atom is -0.497 e. The lowest BCUT2D eigenvalue weighted by molar-refractivity contribution is 0.413. The maximum atomic E-state index is 13.1. The monoisotopic (exact) mass is 326 g/mol. The molecule has 18 heavy (non-hydrogen) atoms. The van der Waals surface area contributed by atoms with Crippen LogP contribution >= 0.6 is 27.7 Å². The van der Waals surface area contributed by atoms with E-state index in [4.69, 9.17) is 4.74 Å². The Balaban J connectivity index is 2.04. The molecule has 0 heterocycles. The van der Waals surface area contributed by atoms with Gasteiger partial charge >= 0.3 is 0 Å². The van der Waals surface area contributed by atoms with Gasteiger partial charge in [-0.05, 0) is 51.8 Å². The van der Waals surface area contributed by atoms with E-state index in [2.05, 4.69) is 15.9 Å². The largest absolute Gasteiger partial charge is 0.497 e. The molecule has 0 saturated heterocycles. The van der Waals surface area contributed by atoms with Crippen LogP contribution in [0.2, 0.25) is 0 Å². The van der Waals surface area contributed by atoms with E-state index in [-0.39, 0.29) is 5.82 Å². The number of ether oxygens (including phenoxy) is 1. The van der Waals surface area contributed by atoms with Crippen molar-refractivity contribution >= 4 is 27.7 Å². The van der Waals surface area contributed by atoms with Crippen molar-refractivity contribution in [1.82, 2.24) is 0 Å². The molecule has 2 aromatic carbocycles. The summed E-state index contributed by atoms with van der Waals surface area (Å²) in [6.07, 6.45) is 0. The summed E-state index contributed by atoms with van der Waals surface area (Å²) in [5, 5.41) is 0. The Labute approximate surface area is 118 Å². The number of rotatable bonds is 4. The third-order valence-corrected chi connectivity index (χ3v) is 4.10. The van der Waals surface area contributed by atoms with Crippen molar-refractivity contribution in [3.63, 3.8) is 0 Å². The van der Waals surface area contributed by atoms with Gasteiger partial charge in [-0.15, -0.1) is 11.8 Å². The number of hydrogen-bond donors (Lipinski definition) is 0. The summed E-state index contributed by atoms with van der Waals surface area (Å²) >= 11 is 4.89. The average molecular weight is 327 g/mol. The van der Waals surface area contributed by atoms with Crippen LogP contribution in [-0.4, -0.2) is 7.11 Å². The van der Waals surface area contributed by atoms with Crippen LogP contribution in [-0.2, 0) is 5.75 Å². The molecule has 0 bridgehead atoms. The molecular weight excluding hydrogens is 315 g/mol. The molecule has 0 aliphatic heterocycles. The fourth-order valence-corrected chi connectivity index (χ4v) is 2.80. The molecule has 0 aliphatic carbocycles. The number of benzene rings is 2. The van der Waals surface area contributed by atoms with E-state index < -0.39 is 0 Å². The molecule has 0 spiro atoms. The second-order valence-corrected chi connectivity index (χ2v) is 5.62. The Morgan fingerprint density at radius 3 is 2.78 bits per heavy atom. The summed E-state index contributed by atoms with van der Waals surface area (Å²) in [5.74, 6) is 1.41. The first-order chi connectivity index (χ1) is 8.69. The maximum Gasteiger partial charge on any atom is 0.137 e. The topological polar surface area (TPSA) is 9.23 Å². The quantitative estimate of drug-likeness (QED) is 0.740. The van der Waals surface area contributed by atoms with Crippen molar-refractivity contribution in [3.05, 3.63) is 58.3 Å². The van der Waals surface area contributed by atoms with E-state index in [0.717, 1.165) is 22.0 Å². The fourth-order valence-electron chi connectivity index (χ4n) is 1.49. The summed E-state index contributed by atoms with van der Waals surface area (Å²) in [6.45, 7) is 0. The number of hydrogen-bond acceptors (Lipinski definition) is 2. The van der Waals surface area contributed by atoms with E-state index in [1.165, 1.54) is 6.07 Å². The van der Waals surface area contributed by atoms with Gasteiger partial charge in [0.25, 0.3) is 0 Å². The van der Waals surface area contributed by atoms with Gasteiger partial charge in [0.05, 0.1) is 11.6 Å². The smallest absolute Gasteiger partial charge is 0.137 e. The van der Waals surface area contributed by atoms with Gasteiger partial charge in [-0.3, -0.25) is 0 Å². The third-order valence-electron chi connectivity index (χ3n) is 2.43. The predicted octanol–water partition coefficient (Wildman–Crippen LogP) is 4.89. The first-order valence-electron chi connectivity index (χ1n) is 5.40. The van der Waals surface area contributed by atoms with Gasteiger partial charge in [-0.1, -0.05) is 12.1 Å². The average Bonchev–Trinajstić information content (AvgIpc) is 2.40. The van der Waals surface area contributed by atoms with Crippen LogP contribution < -0.4 is 4.74 Å². The Hall–Kier alpha value is -1.00. The molecule has 0 saturated carbocycles. The number of methoxy groups -OCH3 is 1. The lowest BCUT2D eigenvalue weighted by atomic mass is 10.2. The second-order valence-electron chi connectivity index (χ2n) is 3.72. The molecule has 0 fully saturated rings. The molecule has 0 N–H and O–H groups in total. The van der Waals surface area contributed by atoms with Crippen molar-refractivity contribution in [2.24, 2.45) is 0 Å². The first-order valence-corrected chi connectivity index (χ1v) is 7.17. The van der Waals surface area contributed by atoms with Crippen LogP contribution in [0.4, 0.5) is 4.39 Å². The van der Waals surface area contributed by atoms with Crippen LogP contribution in [0, 0.1) is 5.82 Å². The molecule has 0 amide bonds. The van der Waals surface area contributed by atoms with Crippen LogP contribution in [0.25, 0.3) is 0 Å². The Morgan fingerprint density at radius 1 is 1.22 bits per heavy atom. The maximum absolute atomic E-state index is 13.1. The molecule has 4 heteroatoms. The molecule has 0 aliphatic rings. The van der Waals surface area contributed by atoms with Gasteiger partial charge in [0.2, 0.25) is 0 Å². The SMILES string of the molecule is COc1cccc(SCc2ccc(F)c(Br)c2)c1. The van der Waals surface area contributed by atoms with E-state index in [9.17, 15) is 4.39 Å². The zero-order valence-corrected chi connectivity index (χ0v) is 12.2. The summed E-state index contributed by atoms with van der Waals surface area (Å²) < 4.78 is 18.8. The Morgan fingerprint density at radius 2 is 2.06 bits per heavy atom. The second kappa shape index (κ2) is 6.25. The van der Waals surface area contributed by atoms with Crippen molar-refractivity contribution in [2.45, 2.75) is 10.6 Å². The van der Waals surface area contributed by atoms with Crippen LogP contribution in [0.5, 0.6) is 5.75 Å². The summed E-state index contributed by atoms with van der Waals surface area (Å²) in [4.78, 5) is 1.13. The van der Waals surface area contributed by atoms with Gasteiger partial charge in [-0.2, -0.15) is 0 Å². The van der Waals surface area contributed by atoms with Gasteiger partial charge in [0, 0.05) is 10.6 Å². The Kier molecular flexibility index (Phi) is 4.66. The van der Waals surface area contributed by atoms with Gasteiger partial charge < -0.3 is 4.74 Å². The molecule has 1 nitrogen and oxygen atoms in total. The summed E-state index contributed by atoms with van der Waals surface area (Å²) in [6, 6.07) is 13.0. The van der Waals surface area contributed by atoms with E-state index in [1.54, 1.807) is 24.9 Å². The standard InChI is InChI=1S/C14H12BrFOS/c1-17-11-3-2-4-12(8-11)18-9-10-5-6-14(16)13(15)7-10/h2-8H,9H2,1H3. The highest BCUT2D eigenvalue weighted by Crippen LogP contribution is 2.27. The molecule has 0 unspecified atom stereocenters. The number of thioether (sulfide) groups is 1. The normalized spacial score (nSPS) is 10.4. The van der Waals surface area contributed by atoms with Crippen molar-refractivity contribution in [1.29, 1.82) is 0 Å². The van der Waals surface area contributed by atoms with Crippen molar-refractivity contribution < 1.29 is 9.13 Å². The zero-order valence-electron chi connectivity index (χ0n) is 9.82. The number of halogens is 2. The highest BCUT2D eigenvalue weighted by Gasteiger charge is 2.02. The predicted molar refractivity (Wildman–Crippen MR) is 76.7 cm³/mol. The fraction of sp³-hybridized carbons (Fsp3) is 0.143. The lowest BCUT2D eigenvalue weighted by Crippen LogP contribution is -1.85. The van der Waals surface area contributed by atoms with Crippen molar-refractivity contribution in [3.8, 4) is 5.75 Å². The van der Waals surface area contributed by atoms with Gasteiger partial charge in [0.15, 0.2) is 0 Å². The lowest BCUT2D eigenvalue weighted by Gasteiger charge is -2.05. The Bertz CT molecular complexity index is 545. The molecule has 94 valence electrons. The zero-order chi connectivity index (χ0) is 13.0. The molecule has 0 aromatic heterocycles. The highest BCUT2D eigenvalue weighted by atomic mass is 79.9. The molecule has 2 rings (SSSR count). The minimum atomic E-state index is -0.231. The van der Waals surface area contributed by atoms with Crippen LogP contribution in [0.15, 0.2) is 51.8 Å². The van der Waals surface area contributed by atoms with Crippen LogP contribution in [0.3, 0.4) is 0 Å². The van der Waals surface area contributed by atoms with E-state index in [1.807, 2.05) is 30.3 Å². The summed E-state index contributed by atoms with van der Waals surface area (Å²) in [7, 11) is 1.65. The first kappa shape index (κ1) is 13.4. The van der Waals surface area contributed by atoms with Crippen molar-refractivity contribution in [2.75, 3.05) is 7.11 Å². The van der Waals surface area contributed by atoms with E-state index in [0.29, 0.717) is 4.47 Å². The van der Waals surface area contributed by atoms with Gasteiger partial charge in [0.1, 0.15) is 11.6 Å². The summed E-state index contributed by atoms with van der Waals surface area (Å²) in [5.41, 5.74) is 1.08. The molecule has 0 atom stereocenters.